The summed E-state index contributed by atoms with van der Waals surface area (Å²) in [6, 6.07) is 7.95. The predicted octanol–water partition coefficient (Wildman–Crippen LogP) is 3.18. The van der Waals surface area contributed by atoms with Crippen LogP contribution in [0.25, 0.3) is 16.5 Å². The van der Waals surface area contributed by atoms with E-state index in [-0.39, 0.29) is 30.7 Å². The number of likely N-dealkylation sites (tertiary alicyclic amines) is 1. The van der Waals surface area contributed by atoms with Crippen LogP contribution >= 0.6 is 24.8 Å². The fraction of sp³-hybridized carbons (Fsp3) is 0.429. The maximum Gasteiger partial charge on any atom is 0.276 e. The monoisotopic (exact) mass is 448 g/mol. The van der Waals surface area contributed by atoms with Gasteiger partial charge in [0.15, 0.2) is 5.69 Å². The molecule has 0 atom stereocenters. The maximum absolute atomic E-state index is 13.1. The molecular weight excluding hydrogens is 423 g/mol. The van der Waals surface area contributed by atoms with Gasteiger partial charge in [0.25, 0.3) is 5.91 Å². The number of carbonyl (C=O) groups is 1. The molecule has 5 rings (SSSR count). The Hall–Kier alpha value is -2.22. The number of nitrogens with zero attached hydrogens (tertiary/aromatic N) is 5. The van der Waals surface area contributed by atoms with Crippen LogP contribution < -0.4 is 5.32 Å². The van der Waals surface area contributed by atoms with Crippen molar-refractivity contribution in [1.29, 1.82) is 0 Å². The van der Waals surface area contributed by atoms with Crippen molar-refractivity contribution in [3.63, 3.8) is 0 Å². The molecule has 2 fully saturated rings. The van der Waals surface area contributed by atoms with Gasteiger partial charge in [0.05, 0.1) is 11.4 Å². The normalized spacial score (nSPS) is 17.6. The number of pyridine rings is 1. The lowest BCUT2D eigenvalue weighted by atomic mass is 9.78. The summed E-state index contributed by atoms with van der Waals surface area (Å²) in [5, 5.41) is 14.1. The minimum Gasteiger partial charge on any atom is -0.337 e. The van der Waals surface area contributed by atoms with E-state index in [0.29, 0.717) is 11.1 Å². The molecule has 2 saturated heterocycles. The van der Waals surface area contributed by atoms with Crippen LogP contribution in [-0.2, 0) is 0 Å². The van der Waals surface area contributed by atoms with Gasteiger partial charge in [-0.05, 0) is 50.3 Å². The van der Waals surface area contributed by atoms with Crippen LogP contribution in [0.15, 0.2) is 36.7 Å². The number of hydrogen-bond acceptors (Lipinski definition) is 5. The Morgan fingerprint density at radius 2 is 1.93 bits per heavy atom. The first-order valence-corrected chi connectivity index (χ1v) is 9.92. The average molecular weight is 449 g/mol. The fourth-order valence-corrected chi connectivity index (χ4v) is 4.60. The van der Waals surface area contributed by atoms with Crippen LogP contribution in [0.4, 0.5) is 0 Å². The third-order valence-corrected chi connectivity index (χ3v) is 6.43. The van der Waals surface area contributed by atoms with Crippen LogP contribution in [-0.4, -0.2) is 57.0 Å². The molecule has 2 aromatic heterocycles. The summed E-state index contributed by atoms with van der Waals surface area (Å²) in [4.78, 5) is 19.2. The highest BCUT2D eigenvalue weighted by Gasteiger charge is 2.38. The first-order valence-electron chi connectivity index (χ1n) is 9.92. The van der Waals surface area contributed by atoms with Gasteiger partial charge in [0, 0.05) is 42.8 Å². The molecule has 9 heteroatoms. The number of halogens is 2. The molecule has 2 aliphatic heterocycles. The summed E-state index contributed by atoms with van der Waals surface area (Å²) in [7, 11) is 0. The SMILES string of the molecule is Cc1c(C(=O)N2CCC3(CCNC3)CC2)nnn1-c1cccc2cnccc12.Cl.Cl. The zero-order valence-electron chi connectivity index (χ0n) is 16.9. The lowest BCUT2D eigenvalue weighted by Crippen LogP contribution is -2.44. The Labute approximate surface area is 188 Å². The van der Waals surface area contributed by atoms with Crippen molar-refractivity contribution >= 4 is 41.5 Å². The zero-order valence-corrected chi connectivity index (χ0v) is 18.5. The quantitative estimate of drug-likeness (QED) is 0.651. The van der Waals surface area contributed by atoms with E-state index in [9.17, 15) is 4.79 Å². The molecule has 2 aliphatic rings. The van der Waals surface area contributed by atoms with Crippen molar-refractivity contribution in [3.8, 4) is 5.69 Å². The van der Waals surface area contributed by atoms with Crippen molar-refractivity contribution in [2.75, 3.05) is 26.2 Å². The molecule has 1 spiro atoms. The van der Waals surface area contributed by atoms with Crippen molar-refractivity contribution in [2.45, 2.75) is 26.2 Å². The standard InChI is InChI=1S/C21H24N6O.2ClH/c1-15-19(20(28)26-11-7-21(8-12-26)6-10-23-14-21)24-25-27(15)18-4-2-3-16-13-22-9-5-17(16)18;;/h2-5,9,13,23H,6-8,10-12,14H2,1H3;2*1H. The van der Waals surface area contributed by atoms with Crippen LogP contribution in [0, 0.1) is 12.3 Å². The van der Waals surface area contributed by atoms with E-state index in [0.717, 1.165) is 61.2 Å². The van der Waals surface area contributed by atoms with Crippen LogP contribution in [0.1, 0.15) is 35.4 Å². The zero-order chi connectivity index (χ0) is 19.1. The number of amides is 1. The lowest BCUT2D eigenvalue weighted by Gasteiger charge is -2.38. The molecular formula is C21H26Cl2N6O. The molecule has 7 nitrogen and oxygen atoms in total. The lowest BCUT2D eigenvalue weighted by molar-refractivity contribution is 0.0601. The summed E-state index contributed by atoms with van der Waals surface area (Å²) in [6.45, 7) is 5.70. The highest BCUT2D eigenvalue weighted by molar-refractivity contribution is 5.94. The molecule has 0 aliphatic carbocycles. The molecule has 160 valence electrons. The molecule has 0 bridgehead atoms. The van der Waals surface area contributed by atoms with E-state index in [1.807, 2.05) is 42.3 Å². The van der Waals surface area contributed by atoms with Crippen molar-refractivity contribution in [2.24, 2.45) is 5.41 Å². The average Bonchev–Trinajstić information content (AvgIpc) is 3.34. The number of benzene rings is 1. The molecule has 0 radical (unpaired) electrons. The molecule has 1 N–H and O–H groups in total. The molecule has 0 unspecified atom stereocenters. The second kappa shape index (κ2) is 8.88. The molecule has 0 saturated carbocycles. The van der Waals surface area contributed by atoms with E-state index >= 15 is 0 Å². The van der Waals surface area contributed by atoms with Crippen LogP contribution in [0.5, 0.6) is 0 Å². The number of aromatic nitrogens is 4. The Balaban J connectivity index is 0.00000128. The summed E-state index contributed by atoms with van der Waals surface area (Å²) in [5.41, 5.74) is 2.53. The number of fused-ring (bicyclic) bond motifs is 1. The van der Waals surface area contributed by atoms with Crippen molar-refractivity contribution in [1.82, 2.24) is 30.2 Å². The molecule has 1 aromatic carbocycles. The third-order valence-electron chi connectivity index (χ3n) is 6.43. The number of piperidine rings is 1. The second-order valence-electron chi connectivity index (χ2n) is 8.03. The van der Waals surface area contributed by atoms with E-state index in [2.05, 4.69) is 20.6 Å². The van der Waals surface area contributed by atoms with Crippen molar-refractivity contribution in [3.05, 3.63) is 48.0 Å². The topological polar surface area (TPSA) is 75.9 Å². The van der Waals surface area contributed by atoms with Gasteiger partial charge in [0.2, 0.25) is 0 Å². The Kier molecular flexibility index (Phi) is 6.65. The summed E-state index contributed by atoms with van der Waals surface area (Å²) < 4.78 is 1.77. The van der Waals surface area contributed by atoms with E-state index in [1.54, 1.807) is 10.9 Å². The Bertz CT molecular complexity index is 1030. The number of rotatable bonds is 2. The summed E-state index contributed by atoms with van der Waals surface area (Å²) in [5.74, 6) is -0.00791. The second-order valence-corrected chi connectivity index (χ2v) is 8.03. The summed E-state index contributed by atoms with van der Waals surface area (Å²) in [6.07, 6.45) is 6.95. The maximum atomic E-state index is 13.1. The van der Waals surface area contributed by atoms with Gasteiger partial charge in [-0.2, -0.15) is 0 Å². The first-order chi connectivity index (χ1) is 13.7. The van der Waals surface area contributed by atoms with Gasteiger partial charge in [-0.15, -0.1) is 29.9 Å². The Morgan fingerprint density at radius 1 is 1.13 bits per heavy atom. The largest absolute Gasteiger partial charge is 0.337 e. The van der Waals surface area contributed by atoms with Gasteiger partial charge in [0.1, 0.15) is 0 Å². The molecule has 4 heterocycles. The minimum absolute atomic E-state index is 0. The fourth-order valence-electron chi connectivity index (χ4n) is 4.60. The minimum atomic E-state index is -0.00791. The van der Waals surface area contributed by atoms with Crippen LogP contribution in [0.2, 0.25) is 0 Å². The van der Waals surface area contributed by atoms with E-state index in [4.69, 9.17) is 0 Å². The number of hydrogen-bond donors (Lipinski definition) is 1. The van der Waals surface area contributed by atoms with E-state index < -0.39 is 0 Å². The van der Waals surface area contributed by atoms with Gasteiger partial charge >= 0.3 is 0 Å². The first kappa shape index (κ1) is 22.5. The summed E-state index contributed by atoms with van der Waals surface area (Å²) >= 11 is 0. The van der Waals surface area contributed by atoms with Gasteiger partial charge in [-0.3, -0.25) is 9.78 Å². The van der Waals surface area contributed by atoms with Gasteiger partial charge < -0.3 is 10.2 Å². The van der Waals surface area contributed by atoms with E-state index in [1.165, 1.54) is 6.42 Å². The third kappa shape index (κ3) is 3.77. The molecule has 1 amide bonds. The number of carbonyl (C=O) groups excluding carboxylic acids is 1. The smallest absolute Gasteiger partial charge is 0.276 e. The number of nitrogens with one attached hydrogen (secondary N) is 1. The van der Waals surface area contributed by atoms with Crippen molar-refractivity contribution < 1.29 is 4.79 Å². The predicted molar refractivity (Wildman–Crippen MR) is 121 cm³/mol. The van der Waals surface area contributed by atoms with Gasteiger partial charge in [-0.25, -0.2) is 4.68 Å². The molecule has 3 aromatic rings. The highest BCUT2D eigenvalue weighted by atomic mass is 35.5. The molecule has 30 heavy (non-hydrogen) atoms. The highest BCUT2D eigenvalue weighted by Crippen LogP contribution is 2.37. The van der Waals surface area contributed by atoms with Crippen LogP contribution in [0.3, 0.4) is 0 Å². The Morgan fingerprint density at radius 3 is 2.67 bits per heavy atom. The van der Waals surface area contributed by atoms with Gasteiger partial charge in [-0.1, -0.05) is 17.3 Å².